The topological polar surface area (TPSA) is 32.3 Å². The van der Waals surface area contributed by atoms with Crippen molar-refractivity contribution in [3.05, 3.63) is 29.8 Å². The van der Waals surface area contributed by atoms with Crippen molar-refractivity contribution >= 4 is 5.69 Å². The number of rotatable bonds is 0. The minimum atomic E-state index is -0.628. The number of nitrogens with one attached hydrogen (secondary N) is 1. The average Bonchev–Trinajstić information content (AvgIpc) is 2.17. The molecule has 0 saturated heterocycles. The van der Waals surface area contributed by atoms with Crippen LogP contribution in [0.5, 0.6) is 0 Å². The quantitative estimate of drug-likeness (QED) is 0.657. The fourth-order valence-electron chi connectivity index (χ4n) is 2.85. The summed E-state index contributed by atoms with van der Waals surface area (Å²) in [7, 11) is 0. The molecular formula is C12H15NO. The van der Waals surface area contributed by atoms with Gasteiger partial charge >= 0.3 is 0 Å². The highest BCUT2D eigenvalue weighted by Gasteiger charge is 2.39. The number of para-hydroxylation sites is 1. The molecule has 1 aromatic carbocycles. The van der Waals surface area contributed by atoms with Crippen LogP contribution in [0.15, 0.2) is 24.3 Å². The van der Waals surface area contributed by atoms with Gasteiger partial charge in [0.15, 0.2) is 0 Å². The van der Waals surface area contributed by atoms with Crippen LogP contribution in [0.1, 0.15) is 37.2 Å². The summed E-state index contributed by atoms with van der Waals surface area (Å²) in [6.07, 6.45) is 4.12. The number of aliphatic hydroxyl groups is 1. The maximum Gasteiger partial charge on any atom is 0.136 e. The molecule has 0 aromatic heterocycles. The third-order valence-corrected chi connectivity index (χ3v) is 3.49. The van der Waals surface area contributed by atoms with E-state index in [1.165, 1.54) is 12.0 Å². The molecule has 14 heavy (non-hydrogen) atoms. The summed E-state index contributed by atoms with van der Waals surface area (Å²) in [6.45, 7) is 0. The number of hydrogen-bond donors (Lipinski definition) is 2. The summed E-state index contributed by atoms with van der Waals surface area (Å²) >= 11 is 0. The van der Waals surface area contributed by atoms with Crippen LogP contribution in [-0.2, 0) is 0 Å². The zero-order valence-corrected chi connectivity index (χ0v) is 8.16. The van der Waals surface area contributed by atoms with E-state index in [1.807, 2.05) is 6.07 Å². The van der Waals surface area contributed by atoms with Crippen LogP contribution in [0, 0.1) is 0 Å². The van der Waals surface area contributed by atoms with Gasteiger partial charge in [0.25, 0.3) is 0 Å². The molecular weight excluding hydrogens is 174 g/mol. The zero-order valence-electron chi connectivity index (χ0n) is 8.16. The molecule has 1 saturated carbocycles. The van der Waals surface area contributed by atoms with Gasteiger partial charge < -0.3 is 10.4 Å². The first-order valence-electron chi connectivity index (χ1n) is 5.36. The Kier molecular flexibility index (Phi) is 1.62. The largest absolute Gasteiger partial charge is 0.371 e. The molecule has 3 rings (SSSR count). The molecule has 2 unspecified atom stereocenters. The van der Waals surface area contributed by atoms with Crippen molar-refractivity contribution in [1.29, 1.82) is 0 Å². The van der Waals surface area contributed by atoms with Gasteiger partial charge in [-0.15, -0.1) is 0 Å². The van der Waals surface area contributed by atoms with Crippen molar-refractivity contribution in [3.8, 4) is 0 Å². The predicted octanol–water partition coefficient (Wildman–Crippen LogP) is 2.46. The van der Waals surface area contributed by atoms with Gasteiger partial charge in [-0.3, -0.25) is 0 Å². The third-order valence-electron chi connectivity index (χ3n) is 3.49. The van der Waals surface area contributed by atoms with Crippen LogP contribution >= 0.6 is 0 Å². The highest BCUT2D eigenvalue weighted by molar-refractivity contribution is 5.56. The molecule has 1 aliphatic carbocycles. The summed E-state index contributed by atoms with van der Waals surface area (Å²) in [6, 6.07) is 8.35. The molecule has 0 spiro atoms. The maximum atomic E-state index is 10.2. The van der Waals surface area contributed by atoms with E-state index in [4.69, 9.17) is 0 Å². The van der Waals surface area contributed by atoms with Gasteiger partial charge in [0.2, 0.25) is 0 Å². The first-order valence-corrected chi connectivity index (χ1v) is 5.36. The molecule has 2 bridgehead atoms. The summed E-state index contributed by atoms with van der Waals surface area (Å²) in [5.74, 6) is 0.561. The van der Waals surface area contributed by atoms with Gasteiger partial charge in [-0.1, -0.05) is 18.2 Å². The van der Waals surface area contributed by atoms with E-state index < -0.39 is 5.72 Å². The fourth-order valence-corrected chi connectivity index (χ4v) is 2.85. The van der Waals surface area contributed by atoms with E-state index in [9.17, 15) is 5.11 Å². The Balaban J connectivity index is 2.08. The lowest BCUT2D eigenvalue weighted by atomic mass is 9.75. The molecule has 0 radical (unpaired) electrons. The van der Waals surface area contributed by atoms with Crippen molar-refractivity contribution in [3.63, 3.8) is 0 Å². The summed E-state index contributed by atoms with van der Waals surface area (Å²) in [5.41, 5.74) is 1.89. The molecule has 2 atom stereocenters. The second kappa shape index (κ2) is 2.74. The van der Waals surface area contributed by atoms with E-state index in [0.717, 1.165) is 24.9 Å². The minimum Gasteiger partial charge on any atom is -0.371 e. The standard InChI is InChI=1S/C12H15NO/c14-12-7-3-4-9(8-12)10-5-1-2-6-11(10)13-12/h1-2,5-6,9,13-14H,3-4,7-8H2. The minimum absolute atomic E-state index is 0.561. The SMILES string of the molecule is OC12CCCC(C1)c1ccccc1N2. The van der Waals surface area contributed by atoms with Crippen molar-refractivity contribution in [2.75, 3.05) is 5.32 Å². The molecule has 1 fully saturated rings. The van der Waals surface area contributed by atoms with E-state index >= 15 is 0 Å². The zero-order chi connectivity index (χ0) is 9.60. The van der Waals surface area contributed by atoms with Crippen LogP contribution in [0.2, 0.25) is 0 Å². The lowest BCUT2D eigenvalue weighted by molar-refractivity contribution is 0.0183. The molecule has 2 aliphatic rings. The van der Waals surface area contributed by atoms with Gasteiger partial charge in [-0.25, -0.2) is 0 Å². The monoisotopic (exact) mass is 189 g/mol. The number of benzene rings is 1. The Hall–Kier alpha value is -1.02. The van der Waals surface area contributed by atoms with Gasteiger partial charge in [-0.05, 0) is 36.8 Å². The van der Waals surface area contributed by atoms with E-state index in [2.05, 4.69) is 23.5 Å². The van der Waals surface area contributed by atoms with E-state index in [0.29, 0.717) is 5.92 Å². The van der Waals surface area contributed by atoms with Gasteiger partial charge in [0.1, 0.15) is 5.72 Å². The first-order chi connectivity index (χ1) is 6.77. The van der Waals surface area contributed by atoms with Crippen LogP contribution in [-0.4, -0.2) is 10.8 Å². The van der Waals surface area contributed by atoms with Gasteiger partial charge in [0, 0.05) is 12.1 Å². The second-order valence-electron chi connectivity index (χ2n) is 4.54. The number of hydrogen-bond acceptors (Lipinski definition) is 2. The fraction of sp³-hybridized carbons (Fsp3) is 0.500. The van der Waals surface area contributed by atoms with E-state index in [-0.39, 0.29) is 0 Å². The van der Waals surface area contributed by atoms with Gasteiger partial charge in [0.05, 0.1) is 0 Å². The Labute approximate surface area is 84.0 Å². The van der Waals surface area contributed by atoms with Crippen LogP contribution < -0.4 is 5.32 Å². The average molecular weight is 189 g/mol. The number of anilines is 1. The molecule has 1 aromatic rings. The van der Waals surface area contributed by atoms with Crippen molar-refractivity contribution in [1.82, 2.24) is 0 Å². The lowest BCUT2D eigenvalue weighted by Crippen LogP contribution is -2.45. The summed E-state index contributed by atoms with van der Waals surface area (Å²) in [4.78, 5) is 0. The molecule has 0 amide bonds. The van der Waals surface area contributed by atoms with Crippen LogP contribution in [0.4, 0.5) is 5.69 Å². The first kappa shape index (κ1) is 8.30. The highest BCUT2D eigenvalue weighted by Crippen LogP contribution is 2.45. The Morgan fingerprint density at radius 2 is 2.21 bits per heavy atom. The molecule has 74 valence electrons. The molecule has 2 N–H and O–H groups in total. The van der Waals surface area contributed by atoms with Crippen molar-refractivity contribution in [2.24, 2.45) is 0 Å². The molecule has 2 nitrogen and oxygen atoms in total. The van der Waals surface area contributed by atoms with Crippen molar-refractivity contribution < 1.29 is 5.11 Å². The summed E-state index contributed by atoms with van der Waals surface area (Å²) < 4.78 is 0. The maximum absolute atomic E-state index is 10.2. The molecule has 1 heterocycles. The van der Waals surface area contributed by atoms with E-state index in [1.54, 1.807) is 0 Å². The Morgan fingerprint density at radius 1 is 1.36 bits per heavy atom. The molecule has 1 aliphatic heterocycles. The summed E-state index contributed by atoms with van der Waals surface area (Å²) in [5, 5.41) is 13.5. The number of fused-ring (bicyclic) bond motifs is 4. The lowest BCUT2D eigenvalue weighted by Gasteiger charge is -2.43. The van der Waals surface area contributed by atoms with Crippen LogP contribution in [0.25, 0.3) is 0 Å². The second-order valence-corrected chi connectivity index (χ2v) is 4.54. The smallest absolute Gasteiger partial charge is 0.136 e. The third kappa shape index (κ3) is 1.14. The normalized spacial score (nSPS) is 34.5. The van der Waals surface area contributed by atoms with Gasteiger partial charge in [-0.2, -0.15) is 0 Å². The van der Waals surface area contributed by atoms with Crippen LogP contribution in [0.3, 0.4) is 0 Å². The predicted molar refractivity (Wildman–Crippen MR) is 56.2 cm³/mol. The Bertz CT molecular complexity index is 363. The highest BCUT2D eigenvalue weighted by atomic mass is 16.3. The molecule has 2 heteroatoms. The Morgan fingerprint density at radius 3 is 3.14 bits per heavy atom. The van der Waals surface area contributed by atoms with Crippen molar-refractivity contribution in [2.45, 2.75) is 37.3 Å².